The van der Waals surface area contributed by atoms with E-state index in [1.54, 1.807) is 34.1 Å². The Morgan fingerprint density at radius 1 is 1.00 bits per heavy atom. The third kappa shape index (κ3) is 7.04. The summed E-state index contributed by atoms with van der Waals surface area (Å²) in [6.07, 6.45) is 7.41. The molecule has 1 aromatic carbocycles. The van der Waals surface area contributed by atoms with Gasteiger partial charge in [-0.05, 0) is 49.9 Å². The van der Waals surface area contributed by atoms with Gasteiger partial charge in [-0.15, -0.1) is 0 Å². The van der Waals surface area contributed by atoms with Crippen LogP contribution in [0.4, 0.5) is 5.69 Å². The molecule has 4 amide bonds. The molecule has 0 radical (unpaired) electrons. The normalized spacial score (nSPS) is 18.3. The minimum absolute atomic E-state index is 0.0182. The first kappa shape index (κ1) is 24.7. The fraction of sp³-hybridized carbons (Fsp3) is 0.600. The van der Waals surface area contributed by atoms with Crippen molar-refractivity contribution in [3.05, 3.63) is 29.8 Å². The summed E-state index contributed by atoms with van der Waals surface area (Å²) in [5.74, 6) is -0.582. The molecule has 1 atom stereocenters. The molecule has 0 aromatic heterocycles. The van der Waals surface area contributed by atoms with Gasteiger partial charge in [-0.3, -0.25) is 19.2 Å². The average molecular weight is 457 g/mol. The summed E-state index contributed by atoms with van der Waals surface area (Å²) >= 11 is 0. The molecule has 180 valence electrons. The number of piperidine rings is 1. The molecule has 2 fully saturated rings. The fourth-order valence-electron chi connectivity index (χ4n) is 4.41. The van der Waals surface area contributed by atoms with Crippen LogP contribution in [-0.2, 0) is 14.4 Å². The first-order chi connectivity index (χ1) is 16.0. The van der Waals surface area contributed by atoms with Gasteiger partial charge in [0.2, 0.25) is 17.7 Å². The fourth-order valence-corrected chi connectivity index (χ4v) is 4.41. The van der Waals surface area contributed by atoms with Crippen molar-refractivity contribution in [2.75, 3.05) is 37.6 Å². The van der Waals surface area contributed by atoms with Crippen LogP contribution in [-0.4, -0.2) is 61.3 Å². The number of carbonyl (C=O) groups excluding carboxylic acids is 4. The van der Waals surface area contributed by atoms with Crippen LogP contribution in [0.25, 0.3) is 0 Å². The third-order valence-corrected chi connectivity index (χ3v) is 6.39. The van der Waals surface area contributed by atoms with Gasteiger partial charge in [0.25, 0.3) is 5.91 Å². The van der Waals surface area contributed by atoms with Gasteiger partial charge in [-0.1, -0.05) is 26.2 Å². The highest BCUT2D eigenvalue weighted by Crippen LogP contribution is 2.21. The Labute approximate surface area is 196 Å². The van der Waals surface area contributed by atoms with Crippen molar-refractivity contribution in [2.45, 2.75) is 58.3 Å². The largest absolute Gasteiger partial charge is 0.356 e. The smallest absolute Gasteiger partial charge is 0.251 e. The lowest BCUT2D eigenvalue weighted by Gasteiger charge is -2.32. The number of nitrogens with one attached hydrogen (secondary N) is 2. The maximum atomic E-state index is 12.6. The van der Waals surface area contributed by atoms with Gasteiger partial charge in [0.15, 0.2) is 0 Å². The number of carbonyl (C=O) groups is 4. The van der Waals surface area contributed by atoms with Crippen LogP contribution in [0.1, 0.15) is 68.6 Å². The number of unbranched alkanes of at least 4 members (excludes halogenated alkanes) is 3. The van der Waals surface area contributed by atoms with E-state index in [9.17, 15) is 19.2 Å². The van der Waals surface area contributed by atoms with Gasteiger partial charge < -0.3 is 20.4 Å². The number of likely N-dealkylation sites (tertiary alicyclic amines) is 1. The molecule has 2 N–H and O–H groups in total. The van der Waals surface area contributed by atoms with E-state index in [2.05, 4.69) is 17.6 Å². The second kappa shape index (κ2) is 12.4. The second-order valence-electron chi connectivity index (χ2n) is 8.91. The van der Waals surface area contributed by atoms with Crippen LogP contribution in [0.15, 0.2) is 24.3 Å². The molecular formula is C25H36N4O4. The summed E-state index contributed by atoms with van der Waals surface area (Å²) in [5, 5.41) is 5.68. The predicted molar refractivity (Wildman–Crippen MR) is 127 cm³/mol. The summed E-state index contributed by atoms with van der Waals surface area (Å²) in [6, 6.07) is 6.86. The van der Waals surface area contributed by atoms with E-state index in [0.717, 1.165) is 44.2 Å². The second-order valence-corrected chi connectivity index (χ2v) is 8.91. The highest BCUT2D eigenvalue weighted by atomic mass is 16.2. The van der Waals surface area contributed by atoms with Gasteiger partial charge in [0.05, 0.1) is 12.5 Å². The van der Waals surface area contributed by atoms with Gasteiger partial charge >= 0.3 is 0 Å². The van der Waals surface area contributed by atoms with Crippen molar-refractivity contribution in [1.82, 2.24) is 15.5 Å². The first-order valence-corrected chi connectivity index (χ1v) is 12.2. The summed E-state index contributed by atoms with van der Waals surface area (Å²) < 4.78 is 0. The maximum absolute atomic E-state index is 12.6. The van der Waals surface area contributed by atoms with Crippen molar-refractivity contribution in [2.24, 2.45) is 5.92 Å². The van der Waals surface area contributed by atoms with Crippen molar-refractivity contribution in [3.63, 3.8) is 0 Å². The topological polar surface area (TPSA) is 98.8 Å². The number of rotatable bonds is 10. The summed E-state index contributed by atoms with van der Waals surface area (Å²) in [6.45, 7) is 4.44. The number of anilines is 1. The lowest BCUT2D eigenvalue weighted by Crippen LogP contribution is -2.48. The zero-order chi connectivity index (χ0) is 23.6. The van der Waals surface area contributed by atoms with Gasteiger partial charge in [-0.2, -0.15) is 0 Å². The SMILES string of the molecule is CCCCCCNC(=O)C1CCCN(C(=O)CNC(=O)c2ccc(N3CCCC3=O)cc2)C1. The van der Waals surface area contributed by atoms with Gasteiger partial charge in [-0.25, -0.2) is 0 Å². The monoisotopic (exact) mass is 456 g/mol. The van der Waals surface area contributed by atoms with Crippen LogP contribution >= 0.6 is 0 Å². The van der Waals surface area contributed by atoms with Crippen LogP contribution in [0.5, 0.6) is 0 Å². The quantitative estimate of drug-likeness (QED) is 0.529. The standard InChI is InChI=1S/C25H36N4O4/c1-2-3-4-5-14-26-25(33)20-8-6-15-28(18-20)23(31)17-27-24(32)19-10-12-21(13-11-19)29-16-7-9-22(29)30/h10-13,20H,2-9,14-18H2,1H3,(H,26,33)(H,27,32). The maximum Gasteiger partial charge on any atom is 0.251 e. The molecule has 2 saturated heterocycles. The first-order valence-electron chi connectivity index (χ1n) is 12.2. The van der Waals surface area contributed by atoms with E-state index in [0.29, 0.717) is 38.2 Å². The Balaban J connectivity index is 1.42. The molecule has 0 bridgehead atoms. The van der Waals surface area contributed by atoms with Crippen molar-refractivity contribution in [1.29, 1.82) is 0 Å². The minimum atomic E-state index is -0.332. The molecule has 1 aromatic rings. The zero-order valence-corrected chi connectivity index (χ0v) is 19.6. The van der Waals surface area contributed by atoms with E-state index in [1.165, 1.54) is 6.42 Å². The van der Waals surface area contributed by atoms with E-state index in [1.807, 2.05) is 0 Å². The van der Waals surface area contributed by atoms with Gasteiger partial charge in [0.1, 0.15) is 0 Å². The number of benzene rings is 1. The molecule has 8 heteroatoms. The molecule has 2 aliphatic heterocycles. The number of hydrogen-bond acceptors (Lipinski definition) is 4. The zero-order valence-electron chi connectivity index (χ0n) is 19.6. The Bertz CT molecular complexity index is 839. The van der Waals surface area contributed by atoms with E-state index in [-0.39, 0.29) is 36.1 Å². The Kier molecular flexibility index (Phi) is 9.27. The minimum Gasteiger partial charge on any atom is -0.356 e. The summed E-state index contributed by atoms with van der Waals surface area (Å²) in [4.78, 5) is 52.8. The summed E-state index contributed by atoms with van der Waals surface area (Å²) in [7, 11) is 0. The molecule has 0 spiro atoms. The van der Waals surface area contributed by atoms with Crippen LogP contribution in [0, 0.1) is 5.92 Å². The molecule has 1 unspecified atom stereocenters. The molecule has 0 saturated carbocycles. The summed E-state index contributed by atoms with van der Waals surface area (Å²) in [5.41, 5.74) is 1.23. The van der Waals surface area contributed by atoms with Crippen LogP contribution in [0.3, 0.4) is 0 Å². The number of hydrogen-bond donors (Lipinski definition) is 2. The molecular weight excluding hydrogens is 420 g/mol. The molecule has 3 rings (SSSR count). The van der Waals surface area contributed by atoms with Crippen molar-refractivity contribution in [3.8, 4) is 0 Å². The Hall–Kier alpha value is -2.90. The third-order valence-electron chi connectivity index (χ3n) is 6.39. The average Bonchev–Trinajstić information content (AvgIpc) is 3.28. The highest BCUT2D eigenvalue weighted by Gasteiger charge is 2.28. The van der Waals surface area contributed by atoms with Crippen molar-refractivity contribution < 1.29 is 19.2 Å². The molecule has 8 nitrogen and oxygen atoms in total. The van der Waals surface area contributed by atoms with Crippen LogP contribution < -0.4 is 15.5 Å². The van der Waals surface area contributed by atoms with E-state index in [4.69, 9.17) is 0 Å². The molecule has 0 aliphatic carbocycles. The van der Waals surface area contributed by atoms with Crippen molar-refractivity contribution >= 4 is 29.3 Å². The molecule has 2 heterocycles. The van der Waals surface area contributed by atoms with Crippen LogP contribution in [0.2, 0.25) is 0 Å². The number of amides is 4. The molecule has 33 heavy (non-hydrogen) atoms. The highest BCUT2D eigenvalue weighted by molar-refractivity contribution is 5.98. The van der Waals surface area contributed by atoms with E-state index < -0.39 is 0 Å². The molecule has 2 aliphatic rings. The Morgan fingerprint density at radius 3 is 2.48 bits per heavy atom. The van der Waals surface area contributed by atoms with Gasteiger partial charge in [0, 0.05) is 43.9 Å². The Morgan fingerprint density at radius 2 is 1.79 bits per heavy atom. The lowest BCUT2D eigenvalue weighted by atomic mass is 9.97. The lowest BCUT2D eigenvalue weighted by molar-refractivity contribution is -0.135. The van der Waals surface area contributed by atoms with E-state index >= 15 is 0 Å². The number of nitrogens with zero attached hydrogens (tertiary/aromatic N) is 2. The predicted octanol–water partition coefficient (Wildman–Crippen LogP) is 2.48.